The van der Waals surface area contributed by atoms with Crippen molar-refractivity contribution >= 4 is 0 Å². The zero-order chi connectivity index (χ0) is 10.4. The van der Waals surface area contributed by atoms with Gasteiger partial charge in [0.05, 0.1) is 0 Å². The van der Waals surface area contributed by atoms with Gasteiger partial charge < -0.3 is 0 Å². The van der Waals surface area contributed by atoms with Gasteiger partial charge in [-0.1, -0.05) is 39.3 Å². The summed E-state index contributed by atoms with van der Waals surface area (Å²) >= 11 is 0. The molecule has 1 heteroatoms. The molecule has 14 heavy (non-hydrogen) atoms. The van der Waals surface area contributed by atoms with E-state index in [1.165, 1.54) is 38.8 Å². The summed E-state index contributed by atoms with van der Waals surface area (Å²) in [6, 6.07) is 0.910. The fourth-order valence-corrected chi connectivity index (χ4v) is 2.06. The number of rotatable bonds is 6. The van der Waals surface area contributed by atoms with Crippen LogP contribution in [0.25, 0.3) is 0 Å². The molecule has 0 bridgehead atoms. The Labute approximate surface area is 89.2 Å². The molecule has 0 unspecified atom stereocenters. The van der Waals surface area contributed by atoms with E-state index in [0.29, 0.717) is 5.92 Å². The average molecular weight is 195 g/mol. The molecule has 0 aromatic rings. The van der Waals surface area contributed by atoms with E-state index >= 15 is 0 Å². The van der Waals surface area contributed by atoms with Crippen LogP contribution in [0.3, 0.4) is 0 Å². The van der Waals surface area contributed by atoms with Gasteiger partial charge in [-0.2, -0.15) is 0 Å². The quantitative estimate of drug-likeness (QED) is 0.587. The third kappa shape index (κ3) is 3.83. The van der Waals surface area contributed by atoms with Crippen molar-refractivity contribution in [3.63, 3.8) is 0 Å². The predicted octanol–water partition coefficient (Wildman–Crippen LogP) is 3.46. The highest BCUT2D eigenvalue weighted by Crippen LogP contribution is 2.21. The van der Waals surface area contributed by atoms with Crippen LogP contribution in [-0.2, 0) is 0 Å². The molecule has 1 nitrogen and oxygen atoms in total. The van der Waals surface area contributed by atoms with Gasteiger partial charge in [0.25, 0.3) is 0 Å². The Balaban J connectivity index is 2.07. The third-order valence-corrected chi connectivity index (χ3v) is 2.99. The minimum absolute atomic E-state index is 0.706. The molecule has 82 valence electrons. The number of nitrogens with zero attached hydrogens (tertiary/aromatic N) is 1. The van der Waals surface area contributed by atoms with Crippen molar-refractivity contribution in [2.45, 2.75) is 52.5 Å². The molecule has 0 aliphatic carbocycles. The van der Waals surface area contributed by atoms with Crippen LogP contribution in [0, 0.1) is 5.92 Å². The summed E-state index contributed by atoms with van der Waals surface area (Å²) in [6.07, 6.45) is 10.1. The predicted molar refractivity (Wildman–Crippen MR) is 63.5 cm³/mol. The minimum Gasteiger partial charge on any atom is -0.300 e. The Hall–Kier alpha value is -0.300. The van der Waals surface area contributed by atoms with Gasteiger partial charge in [-0.25, -0.2) is 0 Å². The second-order valence-electron chi connectivity index (χ2n) is 4.73. The van der Waals surface area contributed by atoms with Crippen LogP contribution >= 0.6 is 0 Å². The highest BCUT2D eigenvalue weighted by molar-refractivity contribution is 4.88. The lowest BCUT2D eigenvalue weighted by molar-refractivity contribution is 0.0856. The Morgan fingerprint density at radius 1 is 1.43 bits per heavy atom. The first-order chi connectivity index (χ1) is 6.74. The van der Waals surface area contributed by atoms with Crippen molar-refractivity contribution in [3.05, 3.63) is 12.2 Å². The second-order valence-corrected chi connectivity index (χ2v) is 4.73. The van der Waals surface area contributed by atoms with E-state index in [-0.39, 0.29) is 0 Å². The van der Waals surface area contributed by atoms with Crippen molar-refractivity contribution in [1.82, 2.24) is 4.90 Å². The zero-order valence-electron chi connectivity index (χ0n) is 10.00. The maximum Gasteiger partial charge on any atom is 0.0107 e. The summed E-state index contributed by atoms with van der Waals surface area (Å²) in [4.78, 5) is 2.63. The van der Waals surface area contributed by atoms with E-state index in [1.807, 2.05) is 0 Å². The molecule has 1 heterocycles. The van der Waals surface area contributed by atoms with Crippen molar-refractivity contribution in [3.8, 4) is 0 Å². The molecule has 0 aromatic carbocycles. The Morgan fingerprint density at radius 2 is 2.21 bits per heavy atom. The van der Waals surface area contributed by atoms with Gasteiger partial charge in [-0.15, -0.1) is 0 Å². The molecule has 1 aliphatic rings. The third-order valence-electron chi connectivity index (χ3n) is 2.99. The van der Waals surface area contributed by atoms with E-state index in [0.717, 1.165) is 6.04 Å². The lowest BCUT2D eigenvalue weighted by Gasteiger charge is -2.41. The highest BCUT2D eigenvalue weighted by atomic mass is 15.2. The second kappa shape index (κ2) is 6.23. The van der Waals surface area contributed by atoms with E-state index in [2.05, 4.69) is 37.8 Å². The van der Waals surface area contributed by atoms with Gasteiger partial charge in [0.15, 0.2) is 0 Å². The summed E-state index contributed by atoms with van der Waals surface area (Å²) < 4.78 is 0. The smallest absolute Gasteiger partial charge is 0.0107 e. The number of likely N-dealkylation sites (tertiary alicyclic amines) is 1. The average Bonchev–Trinajstić information content (AvgIpc) is 2.11. The molecule has 1 fully saturated rings. The largest absolute Gasteiger partial charge is 0.300 e. The normalized spacial score (nSPS) is 23.3. The summed E-state index contributed by atoms with van der Waals surface area (Å²) in [6.45, 7) is 9.36. The molecular formula is C13H25N. The van der Waals surface area contributed by atoms with Crippen molar-refractivity contribution in [2.75, 3.05) is 13.1 Å². The molecule has 0 amide bonds. The van der Waals surface area contributed by atoms with Crippen LogP contribution in [0.15, 0.2) is 12.2 Å². The summed E-state index contributed by atoms with van der Waals surface area (Å²) in [5, 5.41) is 0. The van der Waals surface area contributed by atoms with Crippen LogP contribution in [0.5, 0.6) is 0 Å². The Morgan fingerprint density at radius 3 is 2.71 bits per heavy atom. The molecule has 0 radical (unpaired) electrons. The zero-order valence-corrected chi connectivity index (χ0v) is 10.00. The summed E-state index contributed by atoms with van der Waals surface area (Å²) in [5.41, 5.74) is 0. The molecule has 1 atom stereocenters. The van der Waals surface area contributed by atoms with Gasteiger partial charge in [0.1, 0.15) is 0 Å². The summed E-state index contributed by atoms with van der Waals surface area (Å²) in [5.74, 6) is 0.706. The van der Waals surface area contributed by atoms with Crippen LogP contribution in [0.1, 0.15) is 46.5 Å². The van der Waals surface area contributed by atoms with Crippen molar-refractivity contribution in [1.29, 1.82) is 0 Å². The van der Waals surface area contributed by atoms with Crippen LogP contribution in [0.4, 0.5) is 0 Å². The molecule has 0 spiro atoms. The lowest BCUT2D eigenvalue weighted by Crippen LogP contribution is -2.47. The Kier molecular flexibility index (Phi) is 5.24. The molecule has 1 aliphatic heterocycles. The molecule has 0 saturated carbocycles. The van der Waals surface area contributed by atoms with Crippen molar-refractivity contribution in [2.24, 2.45) is 5.92 Å². The van der Waals surface area contributed by atoms with Gasteiger partial charge in [0, 0.05) is 12.6 Å². The van der Waals surface area contributed by atoms with Gasteiger partial charge >= 0.3 is 0 Å². The molecular weight excluding hydrogens is 170 g/mol. The van der Waals surface area contributed by atoms with Gasteiger partial charge in [-0.05, 0) is 31.7 Å². The van der Waals surface area contributed by atoms with Crippen LogP contribution in [0.2, 0.25) is 0 Å². The van der Waals surface area contributed by atoms with E-state index in [4.69, 9.17) is 0 Å². The fourth-order valence-electron chi connectivity index (χ4n) is 2.06. The van der Waals surface area contributed by atoms with E-state index < -0.39 is 0 Å². The highest BCUT2D eigenvalue weighted by Gasteiger charge is 2.25. The number of allylic oxidation sites excluding steroid dienone is 1. The molecule has 1 saturated heterocycles. The molecule has 0 N–H and O–H groups in total. The minimum atomic E-state index is 0.706. The number of hydrogen-bond acceptors (Lipinski definition) is 1. The van der Waals surface area contributed by atoms with E-state index in [1.54, 1.807) is 0 Å². The van der Waals surface area contributed by atoms with Crippen LogP contribution < -0.4 is 0 Å². The lowest BCUT2D eigenvalue weighted by atomic mass is 9.98. The maximum absolute atomic E-state index is 2.63. The summed E-state index contributed by atoms with van der Waals surface area (Å²) in [7, 11) is 0. The van der Waals surface area contributed by atoms with E-state index in [9.17, 15) is 0 Å². The fraction of sp³-hybridized carbons (Fsp3) is 0.846. The number of hydrogen-bond donors (Lipinski definition) is 0. The Bertz CT molecular complexity index is 172. The monoisotopic (exact) mass is 195 g/mol. The topological polar surface area (TPSA) is 3.24 Å². The molecule has 1 rings (SSSR count). The van der Waals surface area contributed by atoms with Crippen LogP contribution in [-0.4, -0.2) is 24.0 Å². The molecule has 0 aromatic heterocycles. The first-order valence-corrected chi connectivity index (χ1v) is 6.14. The first-order valence-electron chi connectivity index (χ1n) is 6.14. The van der Waals surface area contributed by atoms with Crippen molar-refractivity contribution < 1.29 is 0 Å². The standard InChI is InChI=1S/C13H25N/c1-4-7-13-9-11-14(13)10-6-5-8-12(2)3/h5,8,12-13H,4,6-7,9-11H2,1-3H3/b8-5+/t13-/m1/s1. The van der Waals surface area contributed by atoms with Gasteiger partial charge in [-0.3, -0.25) is 4.90 Å². The van der Waals surface area contributed by atoms with Gasteiger partial charge in [0.2, 0.25) is 0 Å². The first kappa shape index (κ1) is 11.8. The maximum atomic E-state index is 2.63. The SMILES string of the molecule is CCC[C@@H]1CCN1CC/C=C/C(C)C.